The Labute approximate surface area is 190 Å². The summed E-state index contributed by atoms with van der Waals surface area (Å²) in [6, 6.07) is 9.45. The van der Waals surface area contributed by atoms with E-state index in [0.29, 0.717) is 36.3 Å². The minimum absolute atomic E-state index is 0.0958. The lowest BCUT2D eigenvalue weighted by atomic mass is 9.86. The van der Waals surface area contributed by atoms with Crippen molar-refractivity contribution >= 4 is 5.91 Å². The molecular formula is C24H26F3N5O. The van der Waals surface area contributed by atoms with Crippen LogP contribution in [-0.4, -0.2) is 43.4 Å². The fourth-order valence-corrected chi connectivity index (χ4v) is 4.50. The van der Waals surface area contributed by atoms with Gasteiger partial charge in [-0.2, -0.15) is 28.2 Å². The molecule has 0 N–H and O–H groups in total. The third kappa shape index (κ3) is 5.07. The summed E-state index contributed by atoms with van der Waals surface area (Å²) >= 11 is 0. The van der Waals surface area contributed by atoms with E-state index in [2.05, 4.69) is 22.1 Å². The second kappa shape index (κ2) is 9.33. The molecule has 0 saturated carbocycles. The molecule has 1 saturated heterocycles. The zero-order valence-electron chi connectivity index (χ0n) is 18.6. The quantitative estimate of drug-likeness (QED) is 0.549. The number of pyridine rings is 1. The first-order valence-corrected chi connectivity index (χ1v) is 11.1. The molecule has 0 unspecified atom stereocenters. The highest BCUT2D eigenvalue weighted by Crippen LogP contribution is 2.31. The van der Waals surface area contributed by atoms with Crippen LogP contribution in [0.4, 0.5) is 13.2 Å². The van der Waals surface area contributed by atoms with Crippen molar-refractivity contribution < 1.29 is 18.0 Å². The highest BCUT2D eigenvalue weighted by atomic mass is 19.4. The van der Waals surface area contributed by atoms with Crippen LogP contribution < -0.4 is 0 Å². The van der Waals surface area contributed by atoms with E-state index in [4.69, 9.17) is 0 Å². The predicted molar refractivity (Wildman–Crippen MR) is 117 cm³/mol. The molecule has 33 heavy (non-hydrogen) atoms. The van der Waals surface area contributed by atoms with E-state index in [9.17, 15) is 18.0 Å². The smallest absolute Gasteiger partial charge is 0.335 e. The second-order valence-electron chi connectivity index (χ2n) is 8.58. The van der Waals surface area contributed by atoms with E-state index < -0.39 is 11.9 Å². The van der Waals surface area contributed by atoms with Gasteiger partial charge in [-0.05, 0) is 62.8 Å². The van der Waals surface area contributed by atoms with E-state index in [-0.39, 0.29) is 17.9 Å². The molecular weight excluding hydrogens is 431 g/mol. The highest BCUT2D eigenvalue weighted by Gasteiger charge is 2.34. The van der Waals surface area contributed by atoms with Crippen molar-refractivity contribution in [3.63, 3.8) is 0 Å². The number of carbonyl (C=O) groups is 1. The van der Waals surface area contributed by atoms with E-state index in [1.807, 2.05) is 30.0 Å². The highest BCUT2D eigenvalue weighted by molar-refractivity contribution is 5.98. The minimum Gasteiger partial charge on any atom is -0.335 e. The molecule has 1 aliphatic rings. The van der Waals surface area contributed by atoms with Crippen LogP contribution in [0.15, 0.2) is 48.8 Å². The average Bonchev–Trinajstić information content (AvgIpc) is 3.32. The Hall–Kier alpha value is -3.23. The van der Waals surface area contributed by atoms with Gasteiger partial charge in [0.1, 0.15) is 5.69 Å². The first-order valence-electron chi connectivity index (χ1n) is 11.1. The molecule has 0 radical (unpaired) electrons. The Kier molecular flexibility index (Phi) is 6.49. The standard InChI is InChI=1S/C24H26F3N5O/c1-16-8-10-21(32-28-12-13-29-32)19(15-16)23(33)31-14-4-5-17(2)20(31)11-9-18-6-3-7-22(30-18)24(25,26)27/h3,6-8,10,12-13,15,17,20H,4-5,9,11,14H2,1-2H3/t17-,20-/m1/s1. The number of hydrogen-bond acceptors (Lipinski definition) is 4. The van der Waals surface area contributed by atoms with Gasteiger partial charge >= 0.3 is 6.18 Å². The third-order valence-corrected chi connectivity index (χ3v) is 6.19. The number of rotatable bonds is 5. The fraction of sp³-hybridized carbons (Fsp3) is 0.417. The Bertz CT molecular complexity index is 1110. The molecule has 174 valence electrons. The summed E-state index contributed by atoms with van der Waals surface area (Å²) in [5.41, 5.74) is 1.56. The van der Waals surface area contributed by atoms with Gasteiger partial charge in [0, 0.05) is 18.3 Å². The molecule has 3 heterocycles. The number of alkyl halides is 3. The lowest BCUT2D eigenvalue weighted by Gasteiger charge is -2.40. The van der Waals surface area contributed by atoms with Crippen LogP contribution in [0, 0.1) is 12.8 Å². The van der Waals surface area contributed by atoms with Gasteiger partial charge in [-0.25, -0.2) is 4.98 Å². The maximum absolute atomic E-state index is 13.7. The molecule has 2 aromatic heterocycles. The van der Waals surface area contributed by atoms with Crippen molar-refractivity contribution in [1.82, 2.24) is 24.9 Å². The molecule has 1 amide bonds. The molecule has 1 fully saturated rings. The molecule has 0 spiro atoms. The zero-order valence-corrected chi connectivity index (χ0v) is 18.6. The van der Waals surface area contributed by atoms with Crippen molar-refractivity contribution in [2.24, 2.45) is 5.92 Å². The molecule has 6 nitrogen and oxygen atoms in total. The molecule has 2 atom stereocenters. The summed E-state index contributed by atoms with van der Waals surface area (Å²) in [5, 5.41) is 8.35. The molecule has 0 bridgehead atoms. The number of carbonyl (C=O) groups excluding carboxylic acids is 1. The van der Waals surface area contributed by atoms with Crippen LogP contribution in [0.1, 0.15) is 53.5 Å². The summed E-state index contributed by atoms with van der Waals surface area (Å²) in [6.07, 6.45) is 1.40. The number of piperidine rings is 1. The number of aryl methyl sites for hydroxylation is 2. The maximum atomic E-state index is 13.7. The molecule has 0 aliphatic carbocycles. The van der Waals surface area contributed by atoms with E-state index in [1.54, 1.807) is 18.5 Å². The number of likely N-dealkylation sites (tertiary alicyclic amines) is 1. The van der Waals surface area contributed by atoms with E-state index in [0.717, 1.165) is 24.5 Å². The van der Waals surface area contributed by atoms with Gasteiger partial charge in [0.25, 0.3) is 5.91 Å². The Balaban J connectivity index is 1.59. The lowest BCUT2D eigenvalue weighted by molar-refractivity contribution is -0.141. The van der Waals surface area contributed by atoms with Crippen molar-refractivity contribution in [3.8, 4) is 5.69 Å². The molecule has 1 aliphatic heterocycles. The maximum Gasteiger partial charge on any atom is 0.433 e. The zero-order chi connectivity index (χ0) is 23.6. The first kappa shape index (κ1) is 22.9. The first-order chi connectivity index (χ1) is 15.7. The summed E-state index contributed by atoms with van der Waals surface area (Å²) in [5.74, 6) is 0.115. The minimum atomic E-state index is -4.47. The van der Waals surface area contributed by atoms with Crippen LogP contribution in [0.25, 0.3) is 5.69 Å². The average molecular weight is 458 g/mol. The lowest BCUT2D eigenvalue weighted by Crippen LogP contribution is -2.48. The number of halogens is 3. The second-order valence-corrected chi connectivity index (χ2v) is 8.58. The summed E-state index contributed by atoms with van der Waals surface area (Å²) in [6.45, 7) is 4.62. The summed E-state index contributed by atoms with van der Waals surface area (Å²) in [4.78, 5) is 20.8. The fourth-order valence-electron chi connectivity index (χ4n) is 4.50. The van der Waals surface area contributed by atoms with Crippen LogP contribution >= 0.6 is 0 Å². The number of amides is 1. The van der Waals surface area contributed by atoms with E-state index >= 15 is 0 Å². The Morgan fingerprint density at radius 1 is 1.15 bits per heavy atom. The van der Waals surface area contributed by atoms with Crippen LogP contribution in [0.2, 0.25) is 0 Å². The third-order valence-electron chi connectivity index (χ3n) is 6.19. The summed E-state index contributed by atoms with van der Waals surface area (Å²) in [7, 11) is 0. The van der Waals surface area contributed by atoms with Crippen molar-refractivity contribution in [3.05, 3.63) is 71.3 Å². The molecule has 1 aromatic carbocycles. The van der Waals surface area contributed by atoms with Crippen molar-refractivity contribution in [1.29, 1.82) is 0 Å². The van der Waals surface area contributed by atoms with Crippen LogP contribution in [0.5, 0.6) is 0 Å². The number of hydrogen-bond donors (Lipinski definition) is 0. The van der Waals surface area contributed by atoms with Gasteiger partial charge in [0.2, 0.25) is 0 Å². The number of aromatic nitrogens is 4. The van der Waals surface area contributed by atoms with Gasteiger partial charge in [-0.3, -0.25) is 4.79 Å². The van der Waals surface area contributed by atoms with Gasteiger partial charge in [0.05, 0.1) is 23.6 Å². The topological polar surface area (TPSA) is 63.9 Å². The van der Waals surface area contributed by atoms with Gasteiger partial charge in [-0.15, -0.1) is 0 Å². The van der Waals surface area contributed by atoms with Crippen LogP contribution in [-0.2, 0) is 12.6 Å². The van der Waals surface area contributed by atoms with Gasteiger partial charge in [-0.1, -0.05) is 24.6 Å². The normalized spacial score (nSPS) is 19.0. The summed E-state index contributed by atoms with van der Waals surface area (Å²) < 4.78 is 39.1. The molecule has 4 rings (SSSR count). The predicted octanol–water partition coefficient (Wildman–Crippen LogP) is 4.86. The Morgan fingerprint density at radius 3 is 2.64 bits per heavy atom. The molecule has 3 aromatic rings. The van der Waals surface area contributed by atoms with Gasteiger partial charge in [0.15, 0.2) is 0 Å². The van der Waals surface area contributed by atoms with Gasteiger partial charge < -0.3 is 4.90 Å². The Morgan fingerprint density at radius 2 is 1.91 bits per heavy atom. The number of nitrogens with zero attached hydrogens (tertiary/aromatic N) is 5. The number of benzene rings is 1. The SMILES string of the molecule is Cc1ccc(-n2nccn2)c(C(=O)N2CCC[C@@H](C)[C@H]2CCc2cccc(C(F)(F)F)n2)c1. The van der Waals surface area contributed by atoms with Crippen LogP contribution in [0.3, 0.4) is 0 Å². The molecule has 9 heteroatoms. The van der Waals surface area contributed by atoms with Crippen molar-refractivity contribution in [2.45, 2.75) is 51.7 Å². The monoisotopic (exact) mass is 457 g/mol. The largest absolute Gasteiger partial charge is 0.433 e. The van der Waals surface area contributed by atoms with E-state index in [1.165, 1.54) is 10.9 Å². The van der Waals surface area contributed by atoms with Crippen molar-refractivity contribution in [2.75, 3.05) is 6.54 Å².